The first-order valence-electron chi connectivity index (χ1n) is 7.52. The maximum atomic E-state index is 6.13. The number of anilines is 1. The number of para-hydroxylation sites is 2. The van der Waals surface area contributed by atoms with Crippen molar-refractivity contribution in [3.8, 4) is 5.75 Å². The first-order chi connectivity index (χ1) is 10.6. The lowest BCUT2D eigenvalue weighted by Gasteiger charge is -2.15. The van der Waals surface area contributed by atoms with Crippen molar-refractivity contribution in [2.45, 2.75) is 26.4 Å². The predicted molar refractivity (Wildman–Crippen MR) is 91.2 cm³/mol. The molecule has 0 fully saturated rings. The third-order valence-corrected chi connectivity index (χ3v) is 3.55. The van der Waals surface area contributed by atoms with Gasteiger partial charge in [0.2, 0.25) is 0 Å². The summed E-state index contributed by atoms with van der Waals surface area (Å²) >= 11 is 0. The van der Waals surface area contributed by atoms with E-state index in [1.165, 1.54) is 0 Å². The van der Waals surface area contributed by atoms with Crippen molar-refractivity contribution in [2.75, 3.05) is 5.73 Å². The number of benzene rings is 2. The van der Waals surface area contributed by atoms with Gasteiger partial charge in [0.1, 0.15) is 11.6 Å². The molecule has 0 amide bonds. The highest BCUT2D eigenvalue weighted by molar-refractivity contribution is 5.81. The molecule has 1 aromatic heterocycles. The zero-order chi connectivity index (χ0) is 15.5. The van der Waals surface area contributed by atoms with Gasteiger partial charge in [0, 0.05) is 11.8 Å². The number of aromatic nitrogens is 1. The summed E-state index contributed by atoms with van der Waals surface area (Å²) < 4.78 is 5.88. The molecule has 0 atom stereocenters. The van der Waals surface area contributed by atoms with E-state index in [2.05, 4.69) is 23.2 Å². The quantitative estimate of drug-likeness (QED) is 0.784. The second-order valence-electron chi connectivity index (χ2n) is 5.68. The fourth-order valence-electron chi connectivity index (χ4n) is 2.54. The smallest absolute Gasteiger partial charge is 0.127 e. The van der Waals surface area contributed by atoms with E-state index in [1.54, 1.807) is 0 Å². The van der Waals surface area contributed by atoms with Gasteiger partial charge in [-0.2, -0.15) is 0 Å². The topological polar surface area (TPSA) is 48.1 Å². The number of pyridine rings is 1. The molecule has 3 aromatic rings. The highest BCUT2D eigenvalue weighted by atomic mass is 16.5. The molecular weight excluding hydrogens is 272 g/mol. The van der Waals surface area contributed by atoms with Gasteiger partial charge in [-0.25, -0.2) is 4.98 Å². The van der Waals surface area contributed by atoms with Gasteiger partial charge in [0.15, 0.2) is 0 Å². The van der Waals surface area contributed by atoms with E-state index < -0.39 is 0 Å². The molecule has 0 aliphatic heterocycles. The largest absolute Gasteiger partial charge is 0.491 e. The molecule has 22 heavy (non-hydrogen) atoms. The number of ether oxygens (including phenoxy) is 1. The van der Waals surface area contributed by atoms with Gasteiger partial charge in [-0.3, -0.25) is 0 Å². The molecule has 3 heteroatoms. The molecule has 0 aliphatic carbocycles. The minimum absolute atomic E-state index is 0.147. The molecule has 0 saturated heterocycles. The van der Waals surface area contributed by atoms with Crippen molar-refractivity contribution in [1.82, 2.24) is 4.98 Å². The Kier molecular flexibility index (Phi) is 3.96. The zero-order valence-corrected chi connectivity index (χ0v) is 12.9. The molecule has 2 aromatic carbocycles. The van der Waals surface area contributed by atoms with Gasteiger partial charge in [-0.15, -0.1) is 0 Å². The first-order valence-corrected chi connectivity index (χ1v) is 7.52. The Morgan fingerprint density at radius 2 is 1.73 bits per heavy atom. The fourth-order valence-corrected chi connectivity index (χ4v) is 2.54. The summed E-state index contributed by atoms with van der Waals surface area (Å²) in [5.74, 6) is 1.49. The number of hydrogen-bond acceptors (Lipinski definition) is 3. The van der Waals surface area contributed by atoms with Crippen LogP contribution < -0.4 is 10.5 Å². The van der Waals surface area contributed by atoms with Crippen LogP contribution in [0.1, 0.15) is 25.0 Å². The maximum Gasteiger partial charge on any atom is 0.127 e. The maximum absolute atomic E-state index is 6.13. The molecule has 2 N–H and O–H groups in total. The molecule has 3 nitrogen and oxygen atoms in total. The molecule has 112 valence electrons. The number of nitrogens with two attached hydrogens (primary N) is 1. The van der Waals surface area contributed by atoms with Crippen LogP contribution in [0.3, 0.4) is 0 Å². The van der Waals surface area contributed by atoms with Crippen molar-refractivity contribution in [3.63, 3.8) is 0 Å². The third kappa shape index (κ3) is 3.03. The lowest BCUT2D eigenvalue weighted by Crippen LogP contribution is -2.08. The Morgan fingerprint density at radius 1 is 1.00 bits per heavy atom. The minimum atomic E-state index is 0.147. The Bertz CT molecular complexity index is 796. The lowest BCUT2D eigenvalue weighted by molar-refractivity contribution is 0.240. The third-order valence-electron chi connectivity index (χ3n) is 3.55. The minimum Gasteiger partial charge on any atom is -0.491 e. The summed E-state index contributed by atoms with van der Waals surface area (Å²) in [4.78, 5) is 4.50. The van der Waals surface area contributed by atoms with Gasteiger partial charge in [0.05, 0.1) is 11.6 Å². The standard InChI is InChI=1S/C19H20N2O/c1-13(2)22-18-10-6-4-8-15(18)12-16-11-14-7-3-5-9-17(14)21-19(16)20/h3-11,13H,12H2,1-2H3,(H2,20,21). The van der Waals surface area contributed by atoms with E-state index in [0.717, 1.165) is 27.8 Å². The van der Waals surface area contributed by atoms with Crippen LogP contribution in [0, 0.1) is 0 Å². The number of fused-ring (bicyclic) bond motifs is 1. The average Bonchev–Trinajstić information content (AvgIpc) is 2.49. The van der Waals surface area contributed by atoms with E-state index >= 15 is 0 Å². The van der Waals surface area contributed by atoms with Crippen LogP contribution in [0.5, 0.6) is 5.75 Å². The summed E-state index contributed by atoms with van der Waals surface area (Å²) in [5.41, 5.74) is 9.21. The van der Waals surface area contributed by atoms with Crippen molar-refractivity contribution < 1.29 is 4.74 Å². The highest BCUT2D eigenvalue weighted by Gasteiger charge is 2.09. The summed E-state index contributed by atoms with van der Waals surface area (Å²) in [6.07, 6.45) is 0.861. The predicted octanol–water partition coefficient (Wildman–Crippen LogP) is 4.20. The molecule has 0 saturated carbocycles. The normalized spacial score (nSPS) is 11.0. The van der Waals surface area contributed by atoms with Crippen molar-refractivity contribution in [2.24, 2.45) is 0 Å². The monoisotopic (exact) mass is 292 g/mol. The summed E-state index contributed by atoms with van der Waals surface area (Å²) in [6, 6.07) is 18.2. The lowest BCUT2D eigenvalue weighted by atomic mass is 10.0. The van der Waals surface area contributed by atoms with Gasteiger partial charge >= 0.3 is 0 Å². The molecule has 0 aliphatic rings. The molecule has 3 rings (SSSR count). The van der Waals surface area contributed by atoms with Gasteiger partial charge in [-0.1, -0.05) is 36.4 Å². The van der Waals surface area contributed by atoms with E-state index in [0.29, 0.717) is 12.2 Å². The van der Waals surface area contributed by atoms with E-state index in [9.17, 15) is 0 Å². The molecule has 0 spiro atoms. The van der Waals surface area contributed by atoms with Crippen LogP contribution in [0.2, 0.25) is 0 Å². The Balaban J connectivity index is 1.98. The second-order valence-corrected chi connectivity index (χ2v) is 5.68. The summed E-state index contributed by atoms with van der Waals surface area (Å²) in [5, 5.41) is 1.11. The van der Waals surface area contributed by atoms with E-state index in [4.69, 9.17) is 10.5 Å². The molecular formula is C19H20N2O. The van der Waals surface area contributed by atoms with Crippen molar-refractivity contribution in [1.29, 1.82) is 0 Å². The van der Waals surface area contributed by atoms with Crippen LogP contribution in [0.15, 0.2) is 54.6 Å². The van der Waals surface area contributed by atoms with Crippen LogP contribution >= 0.6 is 0 Å². The zero-order valence-electron chi connectivity index (χ0n) is 12.9. The number of nitrogen functional groups attached to an aromatic ring is 1. The number of hydrogen-bond donors (Lipinski definition) is 1. The Labute approximate surface area is 130 Å². The molecule has 1 heterocycles. The van der Waals surface area contributed by atoms with Crippen LogP contribution in [0.25, 0.3) is 10.9 Å². The summed E-state index contributed by atoms with van der Waals surface area (Å²) in [7, 11) is 0. The van der Waals surface area contributed by atoms with Crippen LogP contribution in [-0.2, 0) is 6.42 Å². The Hall–Kier alpha value is -2.55. The SMILES string of the molecule is CC(C)Oc1ccccc1Cc1cc2ccccc2nc1N. The highest BCUT2D eigenvalue weighted by Crippen LogP contribution is 2.26. The van der Waals surface area contributed by atoms with Gasteiger partial charge in [0.25, 0.3) is 0 Å². The number of rotatable bonds is 4. The first kappa shape index (κ1) is 14.4. The molecule has 0 bridgehead atoms. The van der Waals surface area contributed by atoms with E-state index in [-0.39, 0.29) is 6.10 Å². The van der Waals surface area contributed by atoms with Crippen molar-refractivity contribution in [3.05, 3.63) is 65.7 Å². The number of nitrogens with zero attached hydrogens (tertiary/aromatic N) is 1. The van der Waals surface area contributed by atoms with E-state index in [1.807, 2.05) is 50.2 Å². The van der Waals surface area contributed by atoms with Crippen LogP contribution in [0.4, 0.5) is 5.82 Å². The second kappa shape index (κ2) is 6.06. The average molecular weight is 292 g/mol. The van der Waals surface area contributed by atoms with Gasteiger partial charge in [-0.05, 0) is 43.2 Å². The van der Waals surface area contributed by atoms with Crippen LogP contribution in [-0.4, -0.2) is 11.1 Å². The Morgan fingerprint density at radius 3 is 2.55 bits per heavy atom. The molecule has 0 radical (unpaired) electrons. The van der Waals surface area contributed by atoms with Gasteiger partial charge < -0.3 is 10.5 Å². The molecule has 0 unspecified atom stereocenters. The fraction of sp³-hybridized carbons (Fsp3) is 0.211. The summed E-state index contributed by atoms with van der Waals surface area (Å²) in [6.45, 7) is 4.06. The van der Waals surface area contributed by atoms with Crippen molar-refractivity contribution >= 4 is 16.7 Å².